The molecule has 0 bridgehead atoms. The van der Waals surface area contributed by atoms with E-state index in [9.17, 15) is 0 Å². The lowest BCUT2D eigenvalue weighted by Gasteiger charge is -2.20. The maximum absolute atomic E-state index is 5.38. The molecule has 0 saturated heterocycles. The number of aromatic nitrogens is 1. The summed E-state index contributed by atoms with van der Waals surface area (Å²) in [5, 5.41) is 3.38. The van der Waals surface area contributed by atoms with Crippen LogP contribution < -0.4 is 10.1 Å². The van der Waals surface area contributed by atoms with Crippen molar-refractivity contribution in [1.82, 2.24) is 10.3 Å². The van der Waals surface area contributed by atoms with Gasteiger partial charge in [0.15, 0.2) is 0 Å². The standard InChI is InChI=1S/C17H22N2O/c1-12-7-5-8-13(2)15(12)11-16(18-3)14-9-6-10-19-17(14)20-4/h5-10,16,18H,11H2,1-4H3. The molecule has 3 heteroatoms. The van der Waals surface area contributed by atoms with Crippen LogP contribution >= 0.6 is 0 Å². The van der Waals surface area contributed by atoms with Gasteiger partial charge in [-0.05, 0) is 50.1 Å². The van der Waals surface area contributed by atoms with Crippen LogP contribution in [-0.4, -0.2) is 19.1 Å². The third kappa shape index (κ3) is 2.99. The van der Waals surface area contributed by atoms with E-state index in [0.29, 0.717) is 5.88 Å². The summed E-state index contributed by atoms with van der Waals surface area (Å²) in [7, 11) is 3.64. The number of rotatable bonds is 5. The molecule has 1 aromatic carbocycles. The van der Waals surface area contributed by atoms with Crippen LogP contribution in [0.5, 0.6) is 5.88 Å². The number of pyridine rings is 1. The monoisotopic (exact) mass is 270 g/mol. The van der Waals surface area contributed by atoms with Crippen molar-refractivity contribution in [2.24, 2.45) is 0 Å². The normalized spacial score (nSPS) is 12.2. The molecule has 0 fully saturated rings. The fraction of sp³-hybridized carbons (Fsp3) is 0.353. The van der Waals surface area contributed by atoms with Crippen LogP contribution in [0, 0.1) is 13.8 Å². The molecule has 0 aliphatic rings. The molecule has 2 aromatic rings. The van der Waals surface area contributed by atoms with Crippen molar-refractivity contribution in [2.75, 3.05) is 14.2 Å². The number of aryl methyl sites for hydroxylation is 2. The number of nitrogens with zero attached hydrogens (tertiary/aromatic N) is 1. The first-order valence-corrected chi connectivity index (χ1v) is 6.88. The molecule has 0 amide bonds. The lowest BCUT2D eigenvalue weighted by atomic mass is 9.93. The second kappa shape index (κ2) is 6.53. The average molecular weight is 270 g/mol. The van der Waals surface area contributed by atoms with E-state index in [1.165, 1.54) is 16.7 Å². The second-order valence-corrected chi connectivity index (χ2v) is 5.02. The molecule has 1 unspecified atom stereocenters. The molecular weight excluding hydrogens is 248 g/mol. The van der Waals surface area contributed by atoms with E-state index in [2.05, 4.69) is 48.4 Å². The highest BCUT2D eigenvalue weighted by Gasteiger charge is 2.17. The third-order valence-corrected chi connectivity index (χ3v) is 3.77. The van der Waals surface area contributed by atoms with E-state index in [4.69, 9.17) is 4.74 Å². The minimum atomic E-state index is 0.193. The van der Waals surface area contributed by atoms with Gasteiger partial charge in [0.25, 0.3) is 0 Å². The van der Waals surface area contributed by atoms with Gasteiger partial charge < -0.3 is 10.1 Å². The molecule has 0 spiro atoms. The Labute approximate surface area is 121 Å². The van der Waals surface area contributed by atoms with Crippen molar-refractivity contribution in [3.8, 4) is 5.88 Å². The largest absolute Gasteiger partial charge is 0.481 e. The number of ether oxygens (including phenoxy) is 1. The van der Waals surface area contributed by atoms with Gasteiger partial charge >= 0.3 is 0 Å². The molecule has 1 N–H and O–H groups in total. The van der Waals surface area contributed by atoms with Crippen LogP contribution in [0.25, 0.3) is 0 Å². The summed E-state index contributed by atoms with van der Waals surface area (Å²) in [4.78, 5) is 4.29. The van der Waals surface area contributed by atoms with Crippen LogP contribution in [-0.2, 0) is 6.42 Å². The molecule has 2 rings (SSSR count). The van der Waals surface area contributed by atoms with Crippen LogP contribution in [0.4, 0.5) is 0 Å². The molecule has 3 nitrogen and oxygen atoms in total. The Hall–Kier alpha value is -1.87. The van der Waals surface area contributed by atoms with Crippen LogP contribution in [0.1, 0.15) is 28.3 Å². The molecule has 0 aliphatic heterocycles. The summed E-state index contributed by atoms with van der Waals surface area (Å²) in [6.45, 7) is 4.32. The predicted molar refractivity (Wildman–Crippen MR) is 82.2 cm³/mol. The van der Waals surface area contributed by atoms with Gasteiger partial charge in [0.05, 0.1) is 7.11 Å². The zero-order valence-electron chi connectivity index (χ0n) is 12.6. The number of hydrogen-bond donors (Lipinski definition) is 1. The van der Waals surface area contributed by atoms with Crippen molar-refractivity contribution in [3.05, 3.63) is 58.8 Å². The van der Waals surface area contributed by atoms with Gasteiger partial charge in [-0.1, -0.05) is 24.3 Å². The summed E-state index contributed by atoms with van der Waals surface area (Å²) in [5.74, 6) is 0.693. The number of hydrogen-bond acceptors (Lipinski definition) is 3. The number of likely N-dealkylation sites (N-methyl/N-ethyl adjacent to an activating group) is 1. The second-order valence-electron chi connectivity index (χ2n) is 5.02. The lowest BCUT2D eigenvalue weighted by molar-refractivity contribution is 0.384. The van der Waals surface area contributed by atoms with E-state index in [0.717, 1.165) is 12.0 Å². The minimum Gasteiger partial charge on any atom is -0.481 e. The van der Waals surface area contributed by atoms with Gasteiger partial charge in [-0.25, -0.2) is 4.98 Å². The fourth-order valence-corrected chi connectivity index (χ4v) is 2.58. The number of benzene rings is 1. The summed E-state index contributed by atoms with van der Waals surface area (Å²) in [6.07, 6.45) is 2.69. The Balaban J connectivity index is 2.34. The SMILES string of the molecule is CNC(Cc1c(C)cccc1C)c1cccnc1OC. The Morgan fingerprint density at radius 1 is 1.15 bits per heavy atom. The van der Waals surface area contributed by atoms with Gasteiger partial charge in [0.2, 0.25) is 5.88 Å². The highest BCUT2D eigenvalue weighted by molar-refractivity contribution is 5.37. The smallest absolute Gasteiger partial charge is 0.217 e. The van der Waals surface area contributed by atoms with Crippen molar-refractivity contribution in [2.45, 2.75) is 26.3 Å². The minimum absolute atomic E-state index is 0.193. The van der Waals surface area contributed by atoms with Gasteiger partial charge in [0.1, 0.15) is 0 Å². The Kier molecular flexibility index (Phi) is 4.74. The Bertz CT molecular complexity index is 561. The molecule has 0 radical (unpaired) electrons. The lowest BCUT2D eigenvalue weighted by Crippen LogP contribution is -2.20. The molecule has 1 aromatic heterocycles. The van der Waals surface area contributed by atoms with Gasteiger partial charge in [-0.3, -0.25) is 0 Å². The van der Waals surface area contributed by atoms with Crippen molar-refractivity contribution in [1.29, 1.82) is 0 Å². The first-order chi connectivity index (χ1) is 9.67. The zero-order chi connectivity index (χ0) is 14.5. The maximum Gasteiger partial charge on any atom is 0.217 e. The summed E-state index contributed by atoms with van der Waals surface area (Å²) in [6, 6.07) is 10.6. The highest BCUT2D eigenvalue weighted by Crippen LogP contribution is 2.27. The number of nitrogens with one attached hydrogen (secondary N) is 1. The predicted octanol–water partition coefficient (Wildman–Crippen LogP) is 3.21. The summed E-state index contributed by atoms with van der Waals surface area (Å²) < 4.78 is 5.38. The van der Waals surface area contributed by atoms with E-state index in [1.807, 2.05) is 13.1 Å². The summed E-state index contributed by atoms with van der Waals surface area (Å²) in [5.41, 5.74) is 5.14. The molecule has 20 heavy (non-hydrogen) atoms. The number of methoxy groups -OCH3 is 1. The van der Waals surface area contributed by atoms with E-state index in [-0.39, 0.29) is 6.04 Å². The van der Waals surface area contributed by atoms with Crippen LogP contribution in [0.3, 0.4) is 0 Å². The third-order valence-electron chi connectivity index (χ3n) is 3.77. The quantitative estimate of drug-likeness (QED) is 0.906. The fourth-order valence-electron chi connectivity index (χ4n) is 2.58. The van der Waals surface area contributed by atoms with Crippen LogP contribution in [0.15, 0.2) is 36.5 Å². The zero-order valence-corrected chi connectivity index (χ0v) is 12.6. The first-order valence-electron chi connectivity index (χ1n) is 6.88. The average Bonchev–Trinajstić information content (AvgIpc) is 2.47. The molecule has 1 atom stereocenters. The highest BCUT2D eigenvalue weighted by atomic mass is 16.5. The van der Waals surface area contributed by atoms with Gasteiger partial charge in [-0.2, -0.15) is 0 Å². The van der Waals surface area contributed by atoms with E-state index < -0.39 is 0 Å². The Morgan fingerprint density at radius 3 is 2.45 bits per heavy atom. The van der Waals surface area contributed by atoms with Crippen molar-refractivity contribution < 1.29 is 4.74 Å². The topological polar surface area (TPSA) is 34.2 Å². The molecule has 106 valence electrons. The molecular formula is C17H22N2O. The van der Waals surface area contributed by atoms with Crippen molar-refractivity contribution in [3.63, 3.8) is 0 Å². The summed E-state index contributed by atoms with van der Waals surface area (Å²) >= 11 is 0. The first kappa shape index (κ1) is 14.5. The van der Waals surface area contributed by atoms with Gasteiger partial charge in [0, 0.05) is 17.8 Å². The Morgan fingerprint density at radius 2 is 1.85 bits per heavy atom. The molecule has 1 heterocycles. The molecule has 0 aliphatic carbocycles. The van der Waals surface area contributed by atoms with Crippen LogP contribution in [0.2, 0.25) is 0 Å². The van der Waals surface area contributed by atoms with Crippen molar-refractivity contribution >= 4 is 0 Å². The van der Waals surface area contributed by atoms with E-state index in [1.54, 1.807) is 13.3 Å². The van der Waals surface area contributed by atoms with Gasteiger partial charge in [-0.15, -0.1) is 0 Å². The maximum atomic E-state index is 5.38. The molecule has 0 saturated carbocycles. The van der Waals surface area contributed by atoms with E-state index >= 15 is 0 Å².